The number of carbonyl (C=O) groups is 1. The Balaban J connectivity index is 1.50. The summed E-state index contributed by atoms with van der Waals surface area (Å²) in [5.74, 6) is 0. The number of rotatable bonds is 7. The highest BCUT2D eigenvalue weighted by atomic mass is 16.6. The quantitative estimate of drug-likeness (QED) is 0.813. The monoisotopic (exact) mass is 340 g/mol. The molecule has 0 aromatic heterocycles. The maximum Gasteiger partial charge on any atom is 0.414 e. The Hall–Kier alpha value is -2.37. The van der Waals surface area contributed by atoms with Crippen molar-refractivity contribution in [2.75, 3.05) is 24.6 Å². The normalized spacial score (nSPS) is 15.3. The van der Waals surface area contributed by atoms with Gasteiger partial charge in [-0.3, -0.25) is 4.90 Å². The number of ether oxygens (including phenoxy) is 1. The number of hydrogen-bond acceptors (Lipinski definition) is 4. The van der Waals surface area contributed by atoms with Gasteiger partial charge in [-0.05, 0) is 48.7 Å². The van der Waals surface area contributed by atoms with Crippen molar-refractivity contribution < 1.29 is 14.6 Å². The Morgan fingerprint density at radius 3 is 2.40 bits per heavy atom. The topological polar surface area (TPSA) is 61.8 Å². The Morgan fingerprint density at radius 2 is 1.80 bits per heavy atom. The van der Waals surface area contributed by atoms with Gasteiger partial charge in [0.15, 0.2) is 0 Å². The van der Waals surface area contributed by atoms with Gasteiger partial charge in [0.25, 0.3) is 0 Å². The fourth-order valence-electron chi connectivity index (χ4n) is 2.93. The Bertz CT molecular complexity index is 698. The molecule has 5 heteroatoms. The predicted octanol–water partition coefficient (Wildman–Crippen LogP) is 3.03. The Kier molecular flexibility index (Phi) is 5.68. The van der Waals surface area contributed by atoms with Crippen molar-refractivity contribution in [1.82, 2.24) is 5.32 Å². The minimum absolute atomic E-state index is 0.0840. The number of nitrogens with one attached hydrogen (secondary N) is 1. The van der Waals surface area contributed by atoms with Crippen LogP contribution >= 0.6 is 0 Å². The summed E-state index contributed by atoms with van der Waals surface area (Å²) in [4.78, 5) is 13.2. The molecule has 0 radical (unpaired) electrons. The summed E-state index contributed by atoms with van der Waals surface area (Å²) < 4.78 is 4.97. The standard InChI is InChI=1S/C20H24N2O3/c1-15(21-11-10-16-2-4-17(14-23)5-3-16)18-6-8-19(9-7-18)22-12-13-25-20(22)24/h2-9,15,21,23H,10-14H2,1H3. The zero-order valence-corrected chi connectivity index (χ0v) is 14.4. The van der Waals surface area contributed by atoms with Gasteiger partial charge >= 0.3 is 6.09 Å². The molecule has 2 N–H and O–H groups in total. The van der Waals surface area contributed by atoms with E-state index in [1.165, 1.54) is 11.1 Å². The number of aliphatic hydroxyl groups is 1. The molecule has 1 saturated heterocycles. The first-order valence-electron chi connectivity index (χ1n) is 8.63. The van der Waals surface area contributed by atoms with Crippen LogP contribution in [0, 0.1) is 0 Å². The third kappa shape index (κ3) is 4.38. The summed E-state index contributed by atoms with van der Waals surface area (Å²) in [6.07, 6.45) is 0.666. The van der Waals surface area contributed by atoms with E-state index in [2.05, 4.69) is 36.5 Å². The molecule has 5 nitrogen and oxygen atoms in total. The van der Waals surface area contributed by atoms with Crippen LogP contribution in [0.4, 0.5) is 10.5 Å². The highest BCUT2D eigenvalue weighted by molar-refractivity contribution is 5.89. The van der Waals surface area contributed by atoms with E-state index < -0.39 is 0 Å². The first-order valence-corrected chi connectivity index (χ1v) is 8.63. The number of benzene rings is 2. The molecule has 1 aliphatic heterocycles. The molecule has 0 bridgehead atoms. The smallest absolute Gasteiger partial charge is 0.414 e. The van der Waals surface area contributed by atoms with Gasteiger partial charge in [0.05, 0.1) is 13.2 Å². The second-order valence-corrected chi connectivity index (χ2v) is 6.26. The molecule has 1 aliphatic rings. The van der Waals surface area contributed by atoms with Crippen molar-refractivity contribution in [3.05, 3.63) is 65.2 Å². The fraction of sp³-hybridized carbons (Fsp3) is 0.350. The number of aliphatic hydroxyl groups excluding tert-OH is 1. The first kappa shape index (κ1) is 17.5. The second-order valence-electron chi connectivity index (χ2n) is 6.26. The van der Waals surface area contributed by atoms with E-state index in [0.717, 1.165) is 24.2 Å². The van der Waals surface area contributed by atoms with Crippen LogP contribution in [0.5, 0.6) is 0 Å². The van der Waals surface area contributed by atoms with E-state index in [1.54, 1.807) is 4.90 Å². The lowest BCUT2D eigenvalue weighted by Gasteiger charge is -2.17. The Morgan fingerprint density at radius 1 is 1.12 bits per heavy atom. The molecule has 1 amide bonds. The molecule has 2 aromatic rings. The molecule has 0 saturated carbocycles. The van der Waals surface area contributed by atoms with Crippen LogP contribution in [0.2, 0.25) is 0 Å². The summed E-state index contributed by atoms with van der Waals surface area (Å²) in [5, 5.41) is 12.6. The molecule has 1 heterocycles. The molecule has 0 aliphatic carbocycles. The lowest BCUT2D eigenvalue weighted by atomic mass is 10.1. The highest BCUT2D eigenvalue weighted by Gasteiger charge is 2.23. The van der Waals surface area contributed by atoms with Gasteiger partial charge in [0.2, 0.25) is 0 Å². The lowest BCUT2D eigenvalue weighted by Crippen LogP contribution is -2.24. The van der Waals surface area contributed by atoms with E-state index in [-0.39, 0.29) is 18.7 Å². The molecule has 3 rings (SSSR count). The summed E-state index contributed by atoms with van der Waals surface area (Å²) in [6.45, 7) is 4.16. The summed E-state index contributed by atoms with van der Waals surface area (Å²) in [6, 6.07) is 16.3. The van der Waals surface area contributed by atoms with Gasteiger partial charge < -0.3 is 15.2 Å². The van der Waals surface area contributed by atoms with Gasteiger partial charge in [-0.1, -0.05) is 36.4 Å². The number of anilines is 1. The van der Waals surface area contributed by atoms with Gasteiger partial charge in [-0.25, -0.2) is 4.79 Å². The average Bonchev–Trinajstić information content (AvgIpc) is 3.08. The minimum atomic E-state index is -0.272. The fourth-order valence-corrected chi connectivity index (χ4v) is 2.93. The molecule has 1 atom stereocenters. The van der Waals surface area contributed by atoms with E-state index in [0.29, 0.717) is 13.2 Å². The van der Waals surface area contributed by atoms with Crippen LogP contribution in [0.3, 0.4) is 0 Å². The van der Waals surface area contributed by atoms with Gasteiger partial charge in [0, 0.05) is 11.7 Å². The molecule has 2 aromatic carbocycles. The molecular formula is C20H24N2O3. The second kappa shape index (κ2) is 8.14. The van der Waals surface area contributed by atoms with Crippen molar-refractivity contribution in [2.24, 2.45) is 0 Å². The van der Waals surface area contributed by atoms with Crippen molar-refractivity contribution in [3.8, 4) is 0 Å². The minimum Gasteiger partial charge on any atom is -0.447 e. The van der Waals surface area contributed by atoms with Crippen molar-refractivity contribution in [1.29, 1.82) is 0 Å². The molecular weight excluding hydrogens is 316 g/mol. The number of hydrogen-bond donors (Lipinski definition) is 2. The lowest BCUT2D eigenvalue weighted by molar-refractivity contribution is 0.181. The van der Waals surface area contributed by atoms with Crippen molar-refractivity contribution >= 4 is 11.8 Å². The van der Waals surface area contributed by atoms with E-state index in [4.69, 9.17) is 9.84 Å². The van der Waals surface area contributed by atoms with E-state index in [9.17, 15) is 4.79 Å². The molecule has 25 heavy (non-hydrogen) atoms. The predicted molar refractivity (Wildman–Crippen MR) is 97.6 cm³/mol. The highest BCUT2D eigenvalue weighted by Crippen LogP contribution is 2.21. The maximum atomic E-state index is 11.6. The zero-order chi connectivity index (χ0) is 17.6. The molecule has 0 spiro atoms. The number of carbonyl (C=O) groups excluding carboxylic acids is 1. The van der Waals surface area contributed by atoms with Gasteiger partial charge in [-0.2, -0.15) is 0 Å². The van der Waals surface area contributed by atoms with Crippen LogP contribution < -0.4 is 10.2 Å². The Labute approximate surface area is 148 Å². The van der Waals surface area contributed by atoms with Gasteiger partial charge in [0.1, 0.15) is 6.61 Å². The average molecular weight is 340 g/mol. The van der Waals surface area contributed by atoms with E-state index >= 15 is 0 Å². The SMILES string of the molecule is CC(NCCc1ccc(CO)cc1)c1ccc(N2CCOC2=O)cc1. The largest absolute Gasteiger partial charge is 0.447 e. The molecule has 1 unspecified atom stereocenters. The molecule has 1 fully saturated rings. The summed E-state index contributed by atoms with van der Waals surface area (Å²) >= 11 is 0. The first-order chi connectivity index (χ1) is 12.2. The van der Waals surface area contributed by atoms with Crippen LogP contribution in [-0.4, -0.2) is 30.9 Å². The summed E-state index contributed by atoms with van der Waals surface area (Å²) in [7, 11) is 0. The van der Waals surface area contributed by atoms with Crippen LogP contribution in [-0.2, 0) is 17.8 Å². The third-order valence-corrected chi connectivity index (χ3v) is 4.54. The summed E-state index contributed by atoms with van der Waals surface area (Å²) in [5.41, 5.74) is 4.25. The number of amides is 1. The van der Waals surface area contributed by atoms with E-state index in [1.807, 2.05) is 24.3 Å². The molecule has 132 valence electrons. The number of nitrogens with zero attached hydrogens (tertiary/aromatic N) is 1. The van der Waals surface area contributed by atoms with Crippen molar-refractivity contribution in [3.63, 3.8) is 0 Å². The van der Waals surface area contributed by atoms with Crippen molar-refractivity contribution in [2.45, 2.75) is 26.0 Å². The maximum absolute atomic E-state index is 11.6. The van der Waals surface area contributed by atoms with Gasteiger partial charge in [-0.15, -0.1) is 0 Å². The van der Waals surface area contributed by atoms with Crippen LogP contribution in [0.25, 0.3) is 0 Å². The zero-order valence-electron chi connectivity index (χ0n) is 14.4. The van der Waals surface area contributed by atoms with Crippen LogP contribution in [0.1, 0.15) is 29.7 Å². The van der Waals surface area contributed by atoms with Crippen LogP contribution in [0.15, 0.2) is 48.5 Å². The number of cyclic esters (lactones) is 1. The third-order valence-electron chi connectivity index (χ3n) is 4.54.